The highest BCUT2D eigenvalue weighted by Crippen LogP contribution is 2.42. The van der Waals surface area contributed by atoms with Crippen molar-refractivity contribution in [3.63, 3.8) is 0 Å². The van der Waals surface area contributed by atoms with Gasteiger partial charge in [-0.05, 0) is 12.8 Å². The van der Waals surface area contributed by atoms with Gasteiger partial charge in [-0.2, -0.15) is 0 Å². The average molecular weight is 179 g/mol. The quantitative estimate of drug-likeness (QED) is 0.634. The van der Waals surface area contributed by atoms with E-state index in [-0.39, 0.29) is 25.8 Å². The second kappa shape index (κ2) is 2.92. The van der Waals surface area contributed by atoms with Crippen LogP contribution >= 0.6 is 0 Å². The van der Waals surface area contributed by atoms with Gasteiger partial charge in [0, 0.05) is 18.9 Å². The third-order valence-corrected chi connectivity index (χ3v) is 2.71. The standard InChI is InChI=1S/C8H15F2NO/c1-6-4-7(12,5-11)2-3-8(6,9)10/h6,12H,2-5,11H2,1H3/t6-,7+/m1/s1. The number of hydrogen-bond donors (Lipinski definition) is 2. The molecule has 1 rings (SSSR count). The molecule has 2 atom stereocenters. The zero-order valence-electron chi connectivity index (χ0n) is 7.19. The first-order valence-corrected chi connectivity index (χ1v) is 4.20. The molecule has 4 heteroatoms. The zero-order chi connectivity index (χ0) is 9.41. The summed E-state index contributed by atoms with van der Waals surface area (Å²) in [7, 11) is 0. The summed E-state index contributed by atoms with van der Waals surface area (Å²) >= 11 is 0. The molecule has 0 heterocycles. The van der Waals surface area contributed by atoms with E-state index in [9.17, 15) is 13.9 Å². The smallest absolute Gasteiger partial charge is 0.250 e. The van der Waals surface area contributed by atoms with E-state index in [0.29, 0.717) is 0 Å². The third-order valence-electron chi connectivity index (χ3n) is 2.71. The first-order valence-electron chi connectivity index (χ1n) is 4.20. The first kappa shape index (κ1) is 9.86. The predicted molar refractivity (Wildman–Crippen MR) is 42.0 cm³/mol. The summed E-state index contributed by atoms with van der Waals surface area (Å²) < 4.78 is 25.9. The molecule has 1 aliphatic rings. The molecule has 0 bridgehead atoms. The Morgan fingerprint density at radius 3 is 2.50 bits per heavy atom. The molecule has 72 valence electrons. The lowest BCUT2D eigenvalue weighted by atomic mass is 9.76. The number of alkyl halides is 2. The SMILES string of the molecule is C[C@@H]1C[C@](O)(CN)CCC1(F)F. The Kier molecular flexibility index (Phi) is 2.40. The van der Waals surface area contributed by atoms with Gasteiger partial charge in [0.25, 0.3) is 5.92 Å². The molecule has 2 nitrogen and oxygen atoms in total. The summed E-state index contributed by atoms with van der Waals surface area (Å²) in [4.78, 5) is 0. The molecule has 1 fully saturated rings. The van der Waals surface area contributed by atoms with Gasteiger partial charge in [0.15, 0.2) is 0 Å². The van der Waals surface area contributed by atoms with Crippen LogP contribution < -0.4 is 5.73 Å². The van der Waals surface area contributed by atoms with E-state index in [2.05, 4.69) is 0 Å². The van der Waals surface area contributed by atoms with E-state index in [1.807, 2.05) is 0 Å². The van der Waals surface area contributed by atoms with Gasteiger partial charge in [0.2, 0.25) is 0 Å². The second-order valence-corrected chi connectivity index (χ2v) is 3.79. The van der Waals surface area contributed by atoms with E-state index in [1.54, 1.807) is 0 Å². The zero-order valence-corrected chi connectivity index (χ0v) is 7.19. The molecule has 0 amide bonds. The van der Waals surface area contributed by atoms with Gasteiger partial charge >= 0.3 is 0 Å². The maximum absolute atomic E-state index is 12.9. The molecule has 0 aromatic heterocycles. The Labute approximate surface area is 70.8 Å². The predicted octanol–water partition coefficient (Wildman–Crippen LogP) is 1.13. The summed E-state index contributed by atoms with van der Waals surface area (Å²) in [6.45, 7) is 1.53. The van der Waals surface area contributed by atoms with Gasteiger partial charge in [0.05, 0.1) is 5.60 Å². The van der Waals surface area contributed by atoms with Gasteiger partial charge in [-0.3, -0.25) is 0 Å². The van der Waals surface area contributed by atoms with Crippen molar-refractivity contribution < 1.29 is 13.9 Å². The Morgan fingerprint density at radius 1 is 1.50 bits per heavy atom. The van der Waals surface area contributed by atoms with Crippen molar-refractivity contribution in [3.05, 3.63) is 0 Å². The van der Waals surface area contributed by atoms with Crippen molar-refractivity contribution >= 4 is 0 Å². The fraction of sp³-hybridized carbons (Fsp3) is 1.00. The summed E-state index contributed by atoms with van der Waals surface area (Å²) in [6.07, 6.45) is -0.0286. The maximum Gasteiger partial charge on any atom is 0.250 e. The lowest BCUT2D eigenvalue weighted by Gasteiger charge is -2.39. The van der Waals surface area contributed by atoms with Crippen LogP contribution in [-0.4, -0.2) is 23.2 Å². The van der Waals surface area contributed by atoms with Crippen LogP contribution in [0.1, 0.15) is 26.2 Å². The number of halogens is 2. The van der Waals surface area contributed by atoms with Crippen LogP contribution in [-0.2, 0) is 0 Å². The summed E-state index contributed by atoms with van der Waals surface area (Å²) in [5.74, 6) is -3.39. The van der Waals surface area contributed by atoms with E-state index in [4.69, 9.17) is 5.73 Å². The summed E-state index contributed by atoms with van der Waals surface area (Å²) in [6, 6.07) is 0. The van der Waals surface area contributed by atoms with E-state index < -0.39 is 17.4 Å². The van der Waals surface area contributed by atoms with Crippen molar-refractivity contribution in [2.24, 2.45) is 11.7 Å². The first-order chi connectivity index (χ1) is 5.40. The Bertz CT molecular complexity index is 174. The third kappa shape index (κ3) is 1.75. The molecular formula is C8H15F2NO. The van der Waals surface area contributed by atoms with Crippen molar-refractivity contribution in [2.75, 3.05) is 6.54 Å². The average Bonchev–Trinajstić information content (AvgIpc) is 1.99. The van der Waals surface area contributed by atoms with E-state index in [0.717, 1.165) is 0 Å². The minimum atomic E-state index is -2.62. The lowest BCUT2D eigenvalue weighted by Crippen LogP contribution is -2.48. The molecule has 3 N–H and O–H groups in total. The fourth-order valence-electron chi connectivity index (χ4n) is 1.65. The molecule has 0 saturated heterocycles. The second-order valence-electron chi connectivity index (χ2n) is 3.79. The highest BCUT2D eigenvalue weighted by molar-refractivity contribution is 4.93. The lowest BCUT2D eigenvalue weighted by molar-refractivity contribution is -0.137. The molecule has 0 aromatic carbocycles. The largest absolute Gasteiger partial charge is 0.389 e. The van der Waals surface area contributed by atoms with Crippen molar-refractivity contribution in [3.8, 4) is 0 Å². The topological polar surface area (TPSA) is 46.2 Å². The van der Waals surface area contributed by atoms with Crippen LogP contribution in [0.2, 0.25) is 0 Å². The number of nitrogens with two attached hydrogens (primary N) is 1. The Hall–Kier alpha value is -0.220. The van der Waals surface area contributed by atoms with Crippen LogP contribution in [0.3, 0.4) is 0 Å². The Morgan fingerprint density at radius 2 is 2.08 bits per heavy atom. The highest BCUT2D eigenvalue weighted by Gasteiger charge is 2.46. The van der Waals surface area contributed by atoms with Gasteiger partial charge in [-0.15, -0.1) is 0 Å². The van der Waals surface area contributed by atoms with Crippen LogP contribution in [0.5, 0.6) is 0 Å². The minimum absolute atomic E-state index is 0.0768. The van der Waals surface area contributed by atoms with Crippen LogP contribution in [0.25, 0.3) is 0 Å². The maximum atomic E-state index is 12.9. The summed E-state index contributed by atoms with van der Waals surface area (Å²) in [5.41, 5.74) is 4.24. The van der Waals surface area contributed by atoms with Gasteiger partial charge in [-0.25, -0.2) is 8.78 Å². The van der Waals surface area contributed by atoms with Gasteiger partial charge in [0.1, 0.15) is 0 Å². The fourth-order valence-corrected chi connectivity index (χ4v) is 1.65. The molecule has 1 aliphatic carbocycles. The molecule has 12 heavy (non-hydrogen) atoms. The van der Waals surface area contributed by atoms with Crippen molar-refractivity contribution in [1.82, 2.24) is 0 Å². The van der Waals surface area contributed by atoms with Crippen LogP contribution in [0.4, 0.5) is 8.78 Å². The van der Waals surface area contributed by atoms with Crippen LogP contribution in [0, 0.1) is 5.92 Å². The molecular weight excluding hydrogens is 164 g/mol. The number of hydrogen-bond acceptors (Lipinski definition) is 2. The minimum Gasteiger partial charge on any atom is -0.389 e. The molecule has 0 spiro atoms. The molecule has 0 aliphatic heterocycles. The summed E-state index contributed by atoms with van der Waals surface area (Å²) in [5, 5.41) is 9.62. The Balaban J connectivity index is 2.63. The monoisotopic (exact) mass is 179 g/mol. The van der Waals surface area contributed by atoms with E-state index >= 15 is 0 Å². The molecule has 1 saturated carbocycles. The molecule has 0 aromatic rings. The normalized spacial score (nSPS) is 41.2. The van der Waals surface area contributed by atoms with Crippen molar-refractivity contribution in [2.45, 2.75) is 37.7 Å². The van der Waals surface area contributed by atoms with Crippen LogP contribution in [0.15, 0.2) is 0 Å². The number of rotatable bonds is 1. The molecule has 0 unspecified atom stereocenters. The highest BCUT2D eigenvalue weighted by atomic mass is 19.3. The molecule has 0 radical (unpaired) electrons. The number of aliphatic hydroxyl groups is 1. The van der Waals surface area contributed by atoms with Gasteiger partial charge < -0.3 is 10.8 Å². The van der Waals surface area contributed by atoms with E-state index in [1.165, 1.54) is 6.92 Å². The van der Waals surface area contributed by atoms with Crippen molar-refractivity contribution in [1.29, 1.82) is 0 Å². The van der Waals surface area contributed by atoms with Gasteiger partial charge in [-0.1, -0.05) is 6.92 Å².